The van der Waals surface area contributed by atoms with Gasteiger partial charge < -0.3 is 24.4 Å². The van der Waals surface area contributed by atoms with E-state index in [0.29, 0.717) is 48.2 Å². The Balaban J connectivity index is 1.63. The molecule has 1 aliphatic heterocycles. The van der Waals surface area contributed by atoms with Crippen LogP contribution >= 0.6 is 0 Å². The summed E-state index contributed by atoms with van der Waals surface area (Å²) in [5.41, 5.74) is 2.37. The van der Waals surface area contributed by atoms with Crippen LogP contribution in [0, 0.1) is 5.92 Å². The van der Waals surface area contributed by atoms with Crippen molar-refractivity contribution in [3.8, 4) is 17.2 Å². The third-order valence-electron chi connectivity index (χ3n) is 4.82. The number of nitrogens with zero attached hydrogens (tertiary/aromatic N) is 1. The molecule has 2 aromatic rings. The standard InChI is InChI=1S/C23H28N2O5/c1-15(2)13-25-18-8-7-17(12-20(18)30-14-23(25)27)24-22(26)10-6-16-5-9-19(28-3)21(11-16)29-4/h5,7-9,11-12,15H,6,10,13-14H2,1-4H3,(H,24,26). The number of carbonyl (C=O) groups excluding carboxylic acids is 2. The highest BCUT2D eigenvalue weighted by Crippen LogP contribution is 2.35. The third-order valence-corrected chi connectivity index (χ3v) is 4.82. The second kappa shape index (κ2) is 9.52. The molecule has 7 heteroatoms. The Morgan fingerprint density at radius 3 is 2.60 bits per heavy atom. The van der Waals surface area contributed by atoms with E-state index in [0.717, 1.165) is 11.3 Å². The van der Waals surface area contributed by atoms with Crippen LogP contribution in [0.3, 0.4) is 0 Å². The van der Waals surface area contributed by atoms with Gasteiger partial charge in [-0.05, 0) is 42.2 Å². The Morgan fingerprint density at radius 2 is 1.90 bits per heavy atom. The highest BCUT2D eigenvalue weighted by molar-refractivity contribution is 5.99. The number of nitrogens with one attached hydrogen (secondary N) is 1. The lowest BCUT2D eigenvalue weighted by Gasteiger charge is -2.31. The van der Waals surface area contributed by atoms with Crippen LogP contribution in [-0.4, -0.2) is 39.2 Å². The second-order valence-electron chi connectivity index (χ2n) is 7.61. The van der Waals surface area contributed by atoms with Crippen molar-refractivity contribution < 1.29 is 23.8 Å². The van der Waals surface area contributed by atoms with Crippen molar-refractivity contribution in [3.63, 3.8) is 0 Å². The first kappa shape index (κ1) is 21.5. The molecule has 0 aromatic heterocycles. The van der Waals surface area contributed by atoms with Crippen LogP contribution in [0.25, 0.3) is 0 Å². The molecule has 1 aliphatic rings. The molecule has 0 aliphatic carbocycles. The lowest BCUT2D eigenvalue weighted by molar-refractivity contribution is -0.121. The van der Waals surface area contributed by atoms with Crippen molar-refractivity contribution in [3.05, 3.63) is 42.0 Å². The normalized spacial score (nSPS) is 13.0. The van der Waals surface area contributed by atoms with Gasteiger partial charge in [0.1, 0.15) is 5.75 Å². The van der Waals surface area contributed by atoms with Gasteiger partial charge in [0.15, 0.2) is 18.1 Å². The fourth-order valence-electron chi connectivity index (χ4n) is 3.37. The van der Waals surface area contributed by atoms with E-state index in [9.17, 15) is 9.59 Å². The molecule has 0 saturated heterocycles. The molecule has 0 bridgehead atoms. The molecular formula is C23H28N2O5. The van der Waals surface area contributed by atoms with E-state index in [-0.39, 0.29) is 18.4 Å². The zero-order valence-corrected chi connectivity index (χ0v) is 17.9. The van der Waals surface area contributed by atoms with Gasteiger partial charge >= 0.3 is 0 Å². The molecule has 7 nitrogen and oxygen atoms in total. The SMILES string of the molecule is COc1ccc(CCC(=O)Nc2ccc3c(c2)OCC(=O)N3CC(C)C)cc1OC. The summed E-state index contributed by atoms with van der Waals surface area (Å²) in [6.45, 7) is 4.77. The molecule has 1 heterocycles. The summed E-state index contributed by atoms with van der Waals surface area (Å²) < 4.78 is 16.1. The molecule has 0 saturated carbocycles. The molecule has 3 rings (SSSR count). The van der Waals surface area contributed by atoms with Gasteiger partial charge in [-0.25, -0.2) is 0 Å². The van der Waals surface area contributed by atoms with Crippen LogP contribution in [0.5, 0.6) is 17.2 Å². The van der Waals surface area contributed by atoms with E-state index in [4.69, 9.17) is 14.2 Å². The summed E-state index contributed by atoms with van der Waals surface area (Å²) in [4.78, 5) is 26.3. The van der Waals surface area contributed by atoms with Crippen molar-refractivity contribution >= 4 is 23.2 Å². The summed E-state index contributed by atoms with van der Waals surface area (Å²) in [6, 6.07) is 11.0. The number of rotatable bonds is 8. The molecule has 1 N–H and O–H groups in total. The van der Waals surface area contributed by atoms with Crippen LogP contribution in [0.4, 0.5) is 11.4 Å². The molecule has 0 unspecified atom stereocenters. The maximum atomic E-state index is 12.4. The van der Waals surface area contributed by atoms with Gasteiger partial charge in [-0.15, -0.1) is 0 Å². The molecular weight excluding hydrogens is 384 g/mol. The maximum absolute atomic E-state index is 12.4. The summed E-state index contributed by atoms with van der Waals surface area (Å²) in [7, 11) is 3.17. The zero-order valence-electron chi connectivity index (χ0n) is 17.9. The van der Waals surface area contributed by atoms with Crippen LogP contribution in [-0.2, 0) is 16.0 Å². The molecule has 0 atom stereocenters. The van der Waals surface area contributed by atoms with E-state index < -0.39 is 0 Å². The van der Waals surface area contributed by atoms with E-state index in [1.54, 1.807) is 31.3 Å². The second-order valence-corrected chi connectivity index (χ2v) is 7.61. The highest BCUT2D eigenvalue weighted by atomic mass is 16.5. The van der Waals surface area contributed by atoms with Gasteiger partial charge in [0, 0.05) is 24.7 Å². The van der Waals surface area contributed by atoms with Gasteiger partial charge in [-0.1, -0.05) is 19.9 Å². The maximum Gasteiger partial charge on any atom is 0.265 e. The van der Waals surface area contributed by atoms with E-state index in [1.165, 1.54) is 0 Å². The number of ether oxygens (including phenoxy) is 3. The van der Waals surface area contributed by atoms with Crippen LogP contribution < -0.4 is 24.4 Å². The molecule has 160 valence electrons. The smallest absolute Gasteiger partial charge is 0.265 e. The predicted molar refractivity (Wildman–Crippen MR) is 116 cm³/mol. The van der Waals surface area contributed by atoms with Crippen LogP contribution in [0.1, 0.15) is 25.8 Å². The quantitative estimate of drug-likeness (QED) is 0.716. The lowest BCUT2D eigenvalue weighted by Crippen LogP contribution is -2.40. The van der Waals surface area contributed by atoms with Crippen molar-refractivity contribution in [1.29, 1.82) is 0 Å². The first-order chi connectivity index (χ1) is 14.4. The van der Waals surface area contributed by atoms with E-state index in [2.05, 4.69) is 19.2 Å². The number of hydrogen-bond donors (Lipinski definition) is 1. The average molecular weight is 412 g/mol. The van der Waals surface area contributed by atoms with Crippen molar-refractivity contribution in [1.82, 2.24) is 0 Å². The lowest BCUT2D eigenvalue weighted by atomic mass is 10.1. The Labute approximate surface area is 176 Å². The predicted octanol–water partition coefficient (Wildman–Crippen LogP) is 3.66. The minimum atomic E-state index is -0.101. The molecule has 30 heavy (non-hydrogen) atoms. The number of anilines is 2. The number of benzene rings is 2. The van der Waals surface area contributed by atoms with Gasteiger partial charge in [0.05, 0.1) is 19.9 Å². The summed E-state index contributed by atoms with van der Waals surface area (Å²) in [5, 5.41) is 2.90. The Bertz CT molecular complexity index is 926. The Kier molecular flexibility index (Phi) is 6.82. The van der Waals surface area contributed by atoms with Crippen molar-refractivity contribution in [2.75, 3.05) is 37.6 Å². The van der Waals surface area contributed by atoms with Gasteiger partial charge in [0.2, 0.25) is 5.91 Å². The molecule has 0 radical (unpaired) electrons. The monoisotopic (exact) mass is 412 g/mol. The summed E-state index contributed by atoms with van der Waals surface area (Å²) in [5.74, 6) is 2.09. The average Bonchev–Trinajstić information content (AvgIpc) is 2.73. The van der Waals surface area contributed by atoms with Crippen molar-refractivity contribution in [2.24, 2.45) is 5.92 Å². The molecule has 2 amide bonds. The minimum absolute atomic E-state index is 0.0103. The van der Waals surface area contributed by atoms with Gasteiger partial charge in [-0.3, -0.25) is 9.59 Å². The number of fused-ring (bicyclic) bond motifs is 1. The fraction of sp³-hybridized carbons (Fsp3) is 0.391. The number of hydrogen-bond acceptors (Lipinski definition) is 5. The first-order valence-corrected chi connectivity index (χ1v) is 9.99. The number of amides is 2. The molecule has 0 spiro atoms. The Morgan fingerprint density at radius 1 is 1.13 bits per heavy atom. The molecule has 0 fully saturated rings. The van der Waals surface area contributed by atoms with Crippen molar-refractivity contribution in [2.45, 2.75) is 26.7 Å². The van der Waals surface area contributed by atoms with E-state index >= 15 is 0 Å². The molecule has 2 aromatic carbocycles. The Hall–Kier alpha value is -3.22. The third kappa shape index (κ3) is 5.03. The number of aryl methyl sites for hydroxylation is 1. The fourth-order valence-corrected chi connectivity index (χ4v) is 3.37. The van der Waals surface area contributed by atoms with Gasteiger partial charge in [-0.2, -0.15) is 0 Å². The van der Waals surface area contributed by atoms with E-state index in [1.807, 2.05) is 24.3 Å². The summed E-state index contributed by atoms with van der Waals surface area (Å²) in [6.07, 6.45) is 0.898. The minimum Gasteiger partial charge on any atom is -0.493 e. The van der Waals surface area contributed by atoms with Gasteiger partial charge in [0.25, 0.3) is 5.91 Å². The topological polar surface area (TPSA) is 77.1 Å². The zero-order chi connectivity index (χ0) is 21.7. The van der Waals surface area contributed by atoms with Crippen LogP contribution in [0.15, 0.2) is 36.4 Å². The highest BCUT2D eigenvalue weighted by Gasteiger charge is 2.26. The van der Waals surface area contributed by atoms with Crippen LogP contribution in [0.2, 0.25) is 0 Å². The largest absolute Gasteiger partial charge is 0.493 e. The first-order valence-electron chi connectivity index (χ1n) is 9.99. The summed E-state index contributed by atoms with van der Waals surface area (Å²) >= 11 is 0. The number of methoxy groups -OCH3 is 2. The number of carbonyl (C=O) groups is 2.